The number of nitrogens with zero attached hydrogens (tertiary/aromatic N) is 4. The molecule has 1 saturated heterocycles. The molecule has 112 valence electrons. The maximum atomic E-state index is 4.18. The van der Waals surface area contributed by atoms with Gasteiger partial charge in [0.1, 0.15) is 0 Å². The summed E-state index contributed by atoms with van der Waals surface area (Å²) >= 11 is 1.44. The summed E-state index contributed by atoms with van der Waals surface area (Å²) in [4.78, 5) is 5.09. The summed E-state index contributed by atoms with van der Waals surface area (Å²) in [5, 5.41) is 6.23. The van der Waals surface area contributed by atoms with E-state index in [0.29, 0.717) is 6.04 Å². The summed E-state index contributed by atoms with van der Waals surface area (Å²) in [6.45, 7) is 7.64. The van der Waals surface area contributed by atoms with Crippen LogP contribution in [0.4, 0.5) is 0 Å². The van der Waals surface area contributed by atoms with Crippen LogP contribution in [0.3, 0.4) is 0 Å². The first-order chi connectivity index (χ1) is 10.3. The molecule has 0 spiro atoms. The van der Waals surface area contributed by atoms with Crippen LogP contribution in [-0.2, 0) is 13.1 Å². The molecule has 0 bridgehead atoms. The molecule has 21 heavy (non-hydrogen) atoms. The monoisotopic (exact) mass is 302 g/mol. The highest BCUT2D eigenvalue weighted by atomic mass is 32.1. The van der Waals surface area contributed by atoms with E-state index in [1.807, 2.05) is 0 Å². The van der Waals surface area contributed by atoms with E-state index in [9.17, 15) is 0 Å². The summed E-state index contributed by atoms with van der Waals surface area (Å²) in [5.74, 6) is 0. The van der Waals surface area contributed by atoms with Gasteiger partial charge in [-0.3, -0.25) is 9.80 Å². The normalized spacial score (nSPS) is 19.4. The molecule has 1 aromatic heterocycles. The Hall–Kier alpha value is -1.30. The second-order valence-electron chi connectivity index (χ2n) is 5.62. The lowest BCUT2D eigenvalue weighted by Gasteiger charge is -2.27. The summed E-state index contributed by atoms with van der Waals surface area (Å²) in [6, 6.07) is 11.4. The molecule has 3 rings (SSSR count). The second kappa shape index (κ2) is 7.11. The quantitative estimate of drug-likeness (QED) is 0.821. The van der Waals surface area contributed by atoms with E-state index in [1.165, 1.54) is 30.1 Å². The molecule has 5 heteroatoms. The van der Waals surface area contributed by atoms with E-state index >= 15 is 0 Å². The lowest BCUT2D eigenvalue weighted by atomic mass is 10.2. The largest absolute Gasteiger partial charge is 0.297 e. The van der Waals surface area contributed by atoms with Gasteiger partial charge in [-0.2, -0.15) is 0 Å². The molecule has 1 fully saturated rings. The number of rotatable bonds is 6. The van der Waals surface area contributed by atoms with Gasteiger partial charge in [-0.25, -0.2) is 0 Å². The first-order valence-corrected chi connectivity index (χ1v) is 8.45. The van der Waals surface area contributed by atoms with E-state index in [0.717, 1.165) is 31.9 Å². The highest BCUT2D eigenvalue weighted by Gasteiger charge is 2.27. The van der Waals surface area contributed by atoms with Gasteiger partial charge < -0.3 is 0 Å². The van der Waals surface area contributed by atoms with Crippen LogP contribution in [0.15, 0.2) is 35.7 Å². The van der Waals surface area contributed by atoms with Crippen LogP contribution in [0.25, 0.3) is 0 Å². The Bertz CT molecular complexity index is 528. The molecule has 0 saturated carbocycles. The SMILES string of the molecule is CCN(Cc1csnn1)[C@@H]1CCN(Cc2ccccc2)C1. The second-order valence-corrected chi connectivity index (χ2v) is 6.23. The van der Waals surface area contributed by atoms with Gasteiger partial charge in [-0.15, -0.1) is 5.10 Å². The number of hydrogen-bond donors (Lipinski definition) is 0. The summed E-state index contributed by atoms with van der Waals surface area (Å²) < 4.78 is 3.96. The Balaban J connectivity index is 1.55. The molecule has 0 radical (unpaired) electrons. The number of benzene rings is 1. The summed E-state index contributed by atoms with van der Waals surface area (Å²) in [6.07, 6.45) is 1.25. The Morgan fingerprint density at radius 3 is 2.90 bits per heavy atom. The Morgan fingerprint density at radius 1 is 1.33 bits per heavy atom. The van der Waals surface area contributed by atoms with E-state index in [2.05, 4.69) is 62.0 Å². The van der Waals surface area contributed by atoms with Gasteiger partial charge in [0.15, 0.2) is 0 Å². The highest BCUT2D eigenvalue weighted by molar-refractivity contribution is 7.03. The van der Waals surface area contributed by atoms with Crippen molar-refractivity contribution >= 4 is 11.5 Å². The van der Waals surface area contributed by atoms with Crippen molar-refractivity contribution in [3.05, 3.63) is 47.0 Å². The van der Waals surface area contributed by atoms with Crippen molar-refractivity contribution in [3.8, 4) is 0 Å². The van der Waals surface area contributed by atoms with Crippen LogP contribution in [0, 0.1) is 0 Å². The zero-order valence-electron chi connectivity index (χ0n) is 12.5. The minimum absolute atomic E-state index is 0.639. The number of likely N-dealkylation sites (tertiary alicyclic amines) is 1. The van der Waals surface area contributed by atoms with Crippen molar-refractivity contribution in [2.75, 3.05) is 19.6 Å². The molecule has 0 aliphatic carbocycles. The fourth-order valence-corrected chi connectivity index (χ4v) is 3.50. The van der Waals surface area contributed by atoms with Crippen LogP contribution >= 0.6 is 11.5 Å². The van der Waals surface area contributed by atoms with Crippen LogP contribution < -0.4 is 0 Å². The molecule has 2 aromatic rings. The molecule has 0 amide bonds. The van der Waals surface area contributed by atoms with E-state index in [-0.39, 0.29) is 0 Å². The third-order valence-corrected chi connectivity index (χ3v) is 4.74. The van der Waals surface area contributed by atoms with Crippen LogP contribution in [-0.4, -0.2) is 45.1 Å². The van der Waals surface area contributed by atoms with Crippen LogP contribution in [0.5, 0.6) is 0 Å². The first kappa shape index (κ1) is 14.6. The van der Waals surface area contributed by atoms with Gasteiger partial charge in [0, 0.05) is 37.6 Å². The Morgan fingerprint density at radius 2 is 2.19 bits per heavy atom. The third kappa shape index (κ3) is 3.87. The van der Waals surface area contributed by atoms with Gasteiger partial charge in [-0.05, 0) is 30.1 Å². The van der Waals surface area contributed by atoms with Crippen LogP contribution in [0.1, 0.15) is 24.6 Å². The first-order valence-electron chi connectivity index (χ1n) is 7.61. The number of aromatic nitrogens is 2. The fourth-order valence-electron chi connectivity index (χ4n) is 3.06. The lowest BCUT2D eigenvalue weighted by molar-refractivity contribution is 0.190. The molecular formula is C16H22N4S. The molecule has 1 aromatic carbocycles. The minimum atomic E-state index is 0.639. The van der Waals surface area contributed by atoms with Crippen molar-refractivity contribution in [2.45, 2.75) is 32.5 Å². The zero-order valence-corrected chi connectivity index (χ0v) is 13.3. The summed E-state index contributed by atoms with van der Waals surface area (Å²) in [5.41, 5.74) is 2.51. The van der Waals surface area contributed by atoms with Crippen molar-refractivity contribution in [2.24, 2.45) is 0 Å². The van der Waals surface area contributed by atoms with Gasteiger partial charge in [0.2, 0.25) is 0 Å². The average molecular weight is 302 g/mol. The Labute approximate surface area is 130 Å². The molecule has 1 atom stereocenters. The molecular weight excluding hydrogens is 280 g/mol. The van der Waals surface area contributed by atoms with Crippen molar-refractivity contribution in [1.29, 1.82) is 0 Å². The standard InChI is InChI=1S/C16H22N4S/c1-2-20(11-15-13-21-18-17-15)16-8-9-19(12-16)10-14-6-4-3-5-7-14/h3-7,13,16H,2,8-12H2,1H3/t16-/m1/s1. The van der Waals surface area contributed by atoms with Crippen molar-refractivity contribution < 1.29 is 0 Å². The zero-order chi connectivity index (χ0) is 14.5. The van der Waals surface area contributed by atoms with E-state index in [4.69, 9.17) is 0 Å². The number of hydrogen-bond acceptors (Lipinski definition) is 5. The minimum Gasteiger partial charge on any atom is -0.297 e. The molecule has 1 aliphatic rings. The van der Waals surface area contributed by atoms with Crippen molar-refractivity contribution in [3.63, 3.8) is 0 Å². The highest BCUT2D eigenvalue weighted by Crippen LogP contribution is 2.19. The third-order valence-electron chi connectivity index (χ3n) is 4.19. The number of likely N-dealkylation sites (N-methyl/N-ethyl adjacent to an activating group) is 1. The fraction of sp³-hybridized carbons (Fsp3) is 0.500. The molecule has 4 nitrogen and oxygen atoms in total. The molecule has 0 unspecified atom stereocenters. The van der Waals surface area contributed by atoms with Gasteiger partial charge in [-0.1, -0.05) is 41.7 Å². The van der Waals surface area contributed by atoms with E-state index < -0.39 is 0 Å². The van der Waals surface area contributed by atoms with Gasteiger partial charge in [0.25, 0.3) is 0 Å². The van der Waals surface area contributed by atoms with Gasteiger partial charge >= 0.3 is 0 Å². The van der Waals surface area contributed by atoms with Crippen molar-refractivity contribution in [1.82, 2.24) is 19.4 Å². The predicted octanol–water partition coefficient (Wildman–Crippen LogP) is 2.63. The molecule has 0 N–H and O–H groups in total. The van der Waals surface area contributed by atoms with Gasteiger partial charge in [0.05, 0.1) is 5.69 Å². The van der Waals surface area contributed by atoms with Crippen LogP contribution in [0.2, 0.25) is 0 Å². The maximum Gasteiger partial charge on any atom is 0.0895 e. The topological polar surface area (TPSA) is 32.3 Å². The smallest absolute Gasteiger partial charge is 0.0895 e. The predicted molar refractivity (Wildman–Crippen MR) is 86.1 cm³/mol. The summed E-state index contributed by atoms with van der Waals surface area (Å²) in [7, 11) is 0. The Kier molecular flexibility index (Phi) is 4.95. The lowest BCUT2D eigenvalue weighted by Crippen LogP contribution is -2.37. The molecule has 1 aliphatic heterocycles. The van der Waals surface area contributed by atoms with E-state index in [1.54, 1.807) is 0 Å². The molecule has 2 heterocycles. The maximum absolute atomic E-state index is 4.18. The average Bonchev–Trinajstić information content (AvgIpc) is 3.17.